The summed E-state index contributed by atoms with van der Waals surface area (Å²) in [6, 6.07) is 13.1. The summed E-state index contributed by atoms with van der Waals surface area (Å²) >= 11 is 3.36. The number of rotatable bonds is 3. The number of hydrogen-bond acceptors (Lipinski definition) is 3. The molecule has 0 aliphatic heterocycles. The van der Waals surface area contributed by atoms with Crippen LogP contribution in [0.2, 0.25) is 0 Å². The molecule has 0 N–H and O–H groups in total. The van der Waals surface area contributed by atoms with Gasteiger partial charge in [0.25, 0.3) is 0 Å². The number of esters is 1. The second-order valence-corrected chi connectivity index (χ2v) is 4.83. The van der Waals surface area contributed by atoms with Crippen molar-refractivity contribution in [3.63, 3.8) is 0 Å². The van der Waals surface area contributed by atoms with E-state index in [-0.39, 0.29) is 5.97 Å². The zero-order valence-corrected chi connectivity index (χ0v) is 12.2. The summed E-state index contributed by atoms with van der Waals surface area (Å²) in [6.45, 7) is 0. The highest BCUT2D eigenvalue weighted by atomic mass is 79.9. The minimum Gasteiger partial charge on any atom is -0.497 e. The number of methoxy groups -OCH3 is 2. The number of hydrogen-bond donors (Lipinski definition) is 0. The Kier molecular flexibility index (Phi) is 4.22. The molecule has 0 saturated heterocycles. The summed E-state index contributed by atoms with van der Waals surface area (Å²) in [4.78, 5) is 11.8. The van der Waals surface area contributed by atoms with Crippen LogP contribution in [0.3, 0.4) is 0 Å². The number of ether oxygens (including phenoxy) is 2. The summed E-state index contributed by atoms with van der Waals surface area (Å²) in [5, 5.41) is 0. The molecule has 0 aromatic heterocycles. The average molecular weight is 321 g/mol. The van der Waals surface area contributed by atoms with Crippen molar-refractivity contribution in [2.45, 2.75) is 0 Å². The van der Waals surface area contributed by atoms with E-state index >= 15 is 0 Å². The third kappa shape index (κ3) is 2.96. The SMILES string of the molecule is COC(=O)c1cc(Br)ccc1-c1cccc(OC)c1. The largest absolute Gasteiger partial charge is 0.497 e. The van der Waals surface area contributed by atoms with Gasteiger partial charge in [-0.05, 0) is 35.4 Å². The molecular weight excluding hydrogens is 308 g/mol. The Hall–Kier alpha value is -1.81. The first-order valence-electron chi connectivity index (χ1n) is 5.68. The molecule has 0 amide bonds. The van der Waals surface area contributed by atoms with Crippen molar-refractivity contribution < 1.29 is 14.3 Å². The maximum absolute atomic E-state index is 11.8. The van der Waals surface area contributed by atoms with Gasteiger partial charge in [-0.2, -0.15) is 0 Å². The van der Waals surface area contributed by atoms with Crippen LogP contribution >= 0.6 is 15.9 Å². The maximum atomic E-state index is 11.8. The molecule has 19 heavy (non-hydrogen) atoms. The molecule has 0 atom stereocenters. The van der Waals surface area contributed by atoms with Crippen LogP contribution in [0.15, 0.2) is 46.9 Å². The molecule has 0 aliphatic rings. The normalized spacial score (nSPS) is 10.1. The summed E-state index contributed by atoms with van der Waals surface area (Å²) in [7, 11) is 2.99. The van der Waals surface area contributed by atoms with E-state index in [4.69, 9.17) is 9.47 Å². The molecule has 2 rings (SSSR count). The third-order valence-corrected chi connectivity index (χ3v) is 3.26. The molecule has 2 aromatic carbocycles. The summed E-state index contributed by atoms with van der Waals surface area (Å²) < 4.78 is 10.9. The lowest BCUT2D eigenvalue weighted by molar-refractivity contribution is 0.0601. The van der Waals surface area contributed by atoms with Crippen LogP contribution in [0.25, 0.3) is 11.1 Å². The van der Waals surface area contributed by atoms with Crippen LogP contribution in [0.1, 0.15) is 10.4 Å². The molecule has 4 heteroatoms. The van der Waals surface area contributed by atoms with E-state index in [1.807, 2.05) is 36.4 Å². The van der Waals surface area contributed by atoms with Gasteiger partial charge in [0.2, 0.25) is 0 Å². The quantitative estimate of drug-likeness (QED) is 0.804. The molecule has 2 aromatic rings. The molecule has 0 unspecified atom stereocenters. The first-order chi connectivity index (χ1) is 9.15. The lowest BCUT2D eigenvalue weighted by Crippen LogP contribution is -2.03. The fourth-order valence-corrected chi connectivity index (χ4v) is 2.20. The Morgan fingerprint density at radius 2 is 1.89 bits per heavy atom. The molecule has 0 fully saturated rings. The van der Waals surface area contributed by atoms with Gasteiger partial charge in [0, 0.05) is 4.47 Å². The van der Waals surface area contributed by atoms with E-state index in [0.717, 1.165) is 21.3 Å². The third-order valence-electron chi connectivity index (χ3n) is 2.77. The molecule has 98 valence electrons. The predicted molar refractivity (Wildman–Crippen MR) is 77.5 cm³/mol. The average Bonchev–Trinajstić information content (AvgIpc) is 2.46. The van der Waals surface area contributed by atoms with Crippen molar-refractivity contribution in [3.05, 3.63) is 52.5 Å². The molecule has 0 spiro atoms. The lowest BCUT2D eigenvalue weighted by atomic mass is 9.99. The first kappa shape index (κ1) is 13.6. The van der Waals surface area contributed by atoms with Crippen LogP contribution in [-0.2, 0) is 4.74 Å². The highest BCUT2D eigenvalue weighted by Crippen LogP contribution is 2.29. The second kappa shape index (κ2) is 5.89. The Morgan fingerprint density at radius 1 is 1.11 bits per heavy atom. The van der Waals surface area contributed by atoms with E-state index in [1.54, 1.807) is 13.2 Å². The van der Waals surface area contributed by atoms with Crippen LogP contribution in [0.5, 0.6) is 5.75 Å². The van der Waals surface area contributed by atoms with Gasteiger partial charge in [-0.1, -0.05) is 34.1 Å². The van der Waals surface area contributed by atoms with Crippen molar-refractivity contribution in [1.82, 2.24) is 0 Å². The highest BCUT2D eigenvalue weighted by molar-refractivity contribution is 9.10. The van der Waals surface area contributed by atoms with Crippen molar-refractivity contribution in [2.24, 2.45) is 0 Å². The van der Waals surface area contributed by atoms with Gasteiger partial charge in [0.1, 0.15) is 5.75 Å². The fraction of sp³-hybridized carbons (Fsp3) is 0.133. The molecule has 0 saturated carbocycles. The monoisotopic (exact) mass is 320 g/mol. The second-order valence-electron chi connectivity index (χ2n) is 3.91. The fourth-order valence-electron chi connectivity index (χ4n) is 1.84. The Balaban J connectivity index is 2.57. The van der Waals surface area contributed by atoms with Crippen molar-refractivity contribution in [3.8, 4) is 16.9 Å². The van der Waals surface area contributed by atoms with Crippen LogP contribution in [0, 0.1) is 0 Å². The summed E-state index contributed by atoms with van der Waals surface area (Å²) in [6.07, 6.45) is 0. The zero-order chi connectivity index (χ0) is 13.8. The molecule has 0 radical (unpaired) electrons. The van der Waals surface area contributed by atoms with Crippen molar-refractivity contribution in [1.29, 1.82) is 0 Å². The van der Waals surface area contributed by atoms with E-state index in [0.29, 0.717) is 5.56 Å². The molecule has 3 nitrogen and oxygen atoms in total. The van der Waals surface area contributed by atoms with E-state index < -0.39 is 0 Å². The molecular formula is C15H13BrO3. The summed E-state index contributed by atoms with van der Waals surface area (Å²) in [5.74, 6) is 0.385. The van der Waals surface area contributed by atoms with Gasteiger partial charge in [-0.25, -0.2) is 4.79 Å². The first-order valence-corrected chi connectivity index (χ1v) is 6.47. The summed E-state index contributed by atoms with van der Waals surface area (Å²) in [5.41, 5.74) is 2.24. The van der Waals surface area contributed by atoms with Crippen LogP contribution in [0.4, 0.5) is 0 Å². The molecule has 0 heterocycles. The van der Waals surface area contributed by atoms with Gasteiger partial charge >= 0.3 is 5.97 Å². The minimum atomic E-state index is -0.362. The Bertz CT molecular complexity index is 608. The number of carbonyl (C=O) groups excluding carboxylic acids is 1. The zero-order valence-electron chi connectivity index (χ0n) is 10.6. The lowest BCUT2D eigenvalue weighted by Gasteiger charge is -2.10. The predicted octanol–water partition coefficient (Wildman–Crippen LogP) is 3.91. The standard InChI is InChI=1S/C15H13BrO3/c1-18-12-5-3-4-10(8-12)13-7-6-11(16)9-14(13)15(17)19-2/h3-9H,1-2H3. The topological polar surface area (TPSA) is 35.5 Å². The van der Waals surface area contributed by atoms with E-state index in [1.165, 1.54) is 7.11 Å². The van der Waals surface area contributed by atoms with Gasteiger partial charge < -0.3 is 9.47 Å². The molecule has 0 bridgehead atoms. The molecule has 0 aliphatic carbocycles. The maximum Gasteiger partial charge on any atom is 0.338 e. The van der Waals surface area contributed by atoms with E-state index in [2.05, 4.69) is 15.9 Å². The number of halogens is 1. The number of carbonyl (C=O) groups is 1. The van der Waals surface area contributed by atoms with E-state index in [9.17, 15) is 4.79 Å². The Labute approximate surface area is 120 Å². The highest BCUT2D eigenvalue weighted by Gasteiger charge is 2.14. The van der Waals surface area contributed by atoms with Gasteiger partial charge in [0.15, 0.2) is 0 Å². The minimum absolute atomic E-state index is 0.362. The van der Waals surface area contributed by atoms with Crippen molar-refractivity contribution in [2.75, 3.05) is 14.2 Å². The van der Waals surface area contributed by atoms with Crippen LogP contribution < -0.4 is 4.74 Å². The number of benzene rings is 2. The van der Waals surface area contributed by atoms with Gasteiger partial charge in [-0.15, -0.1) is 0 Å². The smallest absolute Gasteiger partial charge is 0.338 e. The van der Waals surface area contributed by atoms with Crippen molar-refractivity contribution >= 4 is 21.9 Å². The van der Waals surface area contributed by atoms with Crippen LogP contribution in [-0.4, -0.2) is 20.2 Å². The van der Waals surface area contributed by atoms with Gasteiger partial charge in [-0.3, -0.25) is 0 Å². The Morgan fingerprint density at radius 3 is 2.58 bits per heavy atom. The van der Waals surface area contributed by atoms with Gasteiger partial charge in [0.05, 0.1) is 19.8 Å².